The lowest BCUT2D eigenvalue weighted by Gasteiger charge is -2.30. The molecular formula is C17H22N6O. The quantitative estimate of drug-likeness (QED) is 0.776. The lowest BCUT2D eigenvalue weighted by atomic mass is 10.2. The van der Waals surface area contributed by atoms with E-state index in [-0.39, 0.29) is 6.10 Å². The van der Waals surface area contributed by atoms with Crippen LogP contribution in [0, 0.1) is 0 Å². The highest BCUT2D eigenvalue weighted by Gasteiger charge is 2.25. The molecular weight excluding hydrogens is 304 g/mol. The maximum atomic E-state index is 5.87. The fourth-order valence-electron chi connectivity index (χ4n) is 3.10. The summed E-state index contributed by atoms with van der Waals surface area (Å²) in [6, 6.07) is 6.04. The van der Waals surface area contributed by atoms with E-state index in [0.717, 1.165) is 55.5 Å². The Morgan fingerprint density at radius 2 is 2.29 bits per heavy atom. The number of nitrogens with one attached hydrogen (secondary N) is 1. The standard InChI is InChI=1S/C17H22N6O/c1-2-5-15-19-17(21-20-15)14-12-22(8-9-24-14)10-13-11-23-7-4-3-6-16(23)18-13/h3-4,6-7,11,14H,2,5,8-10,12H2,1H3,(H,19,20,21). The smallest absolute Gasteiger partial charge is 0.180 e. The van der Waals surface area contributed by atoms with Gasteiger partial charge in [0.1, 0.15) is 17.6 Å². The van der Waals surface area contributed by atoms with E-state index in [1.807, 2.05) is 24.4 Å². The number of H-pyrrole nitrogens is 1. The Bertz CT molecular complexity index is 777. The van der Waals surface area contributed by atoms with Crippen LogP contribution in [0.25, 0.3) is 5.65 Å². The molecule has 1 aliphatic heterocycles. The monoisotopic (exact) mass is 326 g/mol. The number of hydrogen-bond donors (Lipinski definition) is 1. The molecule has 1 fully saturated rings. The van der Waals surface area contributed by atoms with Gasteiger partial charge < -0.3 is 9.14 Å². The van der Waals surface area contributed by atoms with Crippen LogP contribution < -0.4 is 0 Å². The van der Waals surface area contributed by atoms with Gasteiger partial charge in [-0.15, -0.1) is 0 Å². The number of aromatic amines is 1. The molecule has 0 aromatic carbocycles. The van der Waals surface area contributed by atoms with Gasteiger partial charge in [-0.2, -0.15) is 5.10 Å². The van der Waals surface area contributed by atoms with E-state index in [0.29, 0.717) is 6.61 Å². The number of pyridine rings is 1. The molecule has 1 saturated heterocycles. The molecule has 126 valence electrons. The Labute approximate surface area is 140 Å². The third kappa shape index (κ3) is 3.18. The van der Waals surface area contributed by atoms with Crippen LogP contribution >= 0.6 is 0 Å². The van der Waals surface area contributed by atoms with Gasteiger partial charge in [-0.05, 0) is 18.6 Å². The number of aromatic nitrogens is 5. The summed E-state index contributed by atoms with van der Waals surface area (Å²) in [5.74, 6) is 1.70. The molecule has 1 atom stereocenters. The molecule has 24 heavy (non-hydrogen) atoms. The van der Waals surface area contributed by atoms with Crippen molar-refractivity contribution in [1.29, 1.82) is 0 Å². The Morgan fingerprint density at radius 1 is 1.33 bits per heavy atom. The van der Waals surface area contributed by atoms with E-state index in [1.165, 1.54) is 0 Å². The summed E-state index contributed by atoms with van der Waals surface area (Å²) < 4.78 is 7.93. The molecule has 0 bridgehead atoms. The molecule has 0 amide bonds. The molecule has 3 aromatic rings. The fraction of sp³-hybridized carbons (Fsp3) is 0.471. The normalized spacial score (nSPS) is 19.1. The minimum Gasteiger partial charge on any atom is -0.367 e. The Morgan fingerprint density at radius 3 is 3.17 bits per heavy atom. The van der Waals surface area contributed by atoms with Gasteiger partial charge in [0.15, 0.2) is 5.82 Å². The van der Waals surface area contributed by atoms with Crippen LogP contribution in [0.15, 0.2) is 30.6 Å². The first-order valence-electron chi connectivity index (χ1n) is 8.49. The van der Waals surface area contributed by atoms with Gasteiger partial charge in [-0.25, -0.2) is 9.97 Å². The number of imidazole rings is 1. The molecule has 7 heteroatoms. The predicted octanol–water partition coefficient (Wildman–Crippen LogP) is 1.98. The van der Waals surface area contributed by atoms with E-state index in [4.69, 9.17) is 4.74 Å². The molecule has 0 radical (unpaired) electrons. The second kappa shape index (κ2) is 6.70. The summed E-state index contributed by atoms with van der Waals surface area (Å²) >= 11 is 0. The molecule has 3 aromatic heterocycles. The second-order valence-electron chi connectivity index (χ2n) is 6.18. The summed E-state index contributed by atoms with van der Waals surface area (Å²) in [5.41, 5.74) is 2.05. The van der Waals surface area contributed by atoms with E-state index in [2.05, 4.69) is 42.6 Å². The lowest BCUT2D eigenvalue weighted by molar-refractivity contribution is -0.0373. The highest BCUT2D eigenvalue weighted by atomic mass is 16.5. The number of rotatable bonds is 5. The van der Waals surface area contributed by atoms with Gasteiger partial charge in [0, 0.05) is 38.4 Å². The van der Waals surface area contributed by atoms with Crippen molar-refractivity contribution in [3.8, 4) is 0 Å². The molecule has 4 rings (SSSR count). The first kappa shape index (κ1) is 15.3. The first-order chi connectivity index (χ1) is 11.8. The van der Waals surface area contributed by atoms with Gasteiger partial charge >= 0.3 is 0 Å². The van der Waals surface area contributed by atoms with Crippen LogP contribution in [0.5, 0.6) is 0 Å². The molecule has 7 nitrogen and oxygen atoms in total. The fourth-order valence-corrected chi connectivity index (χ4v) is 3.10. The second-order valence-corrected chi connectivity index (χ2v) is 6.18. The maximum absolute atomic E-state index is 5.87. The van der Waals surface area contributed by atoms with E-state index >= 15 is 0 Å². The molecule has 0 saturated carbocycles. The van der Waals surface area contributed by atoms with E-state index in [1.54, 1.807) is 0 Å². The summed E-state index contributed by atoms with van der Waals surface area (Å²) in [4.78, 5) is 11.6. The van der Waals surface area contributed by atoms with Gasteiger partial charge in [-0.3, -0.25) is 10.00 Å². The number of aryl methyl sites for hydroxylation is 1. The van der Waals surface area contributed by atoms with E-state index < -0.39 is 0 Å². The van der Waals surface area contributed by atoms with Crippen molar-refractivity contribution in [2.24, 2.45) is 0 Å². The van der Waals surface area contributed by atoms with Crippen molar-refractivity contribution < 1.29 is 4.74 Å². The van der Waals surface area contributed by atoms with Crippen LogP contribution in [0.4, 0.5) is 0 Å². The zero-order valence-corrected chi connectivity index (χ0v) is 13.9. The van der Waals surface area contributed by atoms with Crippen molar-refractivity contribution in [3.05, 3.63) is 47.9 Å². The van der Waals surface area contributed by atoms with Crippen molar-refractivity contribution in [1.82, 2.24) is 29.5 Å². The SMILES string of the molecule is CCCc1nc(C2CN(Cc3cn4ccccc4n3)CCO2)n[nH]1. The Kier molecular flexibility index (Phi) is 4.27. The molecule has 4 heterocycles. The first-order valence-corrected chi connectivity index (χ1v) is 8.49. The van der Waals surface area contributed by atoms with Crippen molar-refractivity contribution >= 4 is 5.65 Å². The third-order valence-electron chi connectivity index (χ3n) is 4.27. The van der Waals surface area contributed by atoms with E-state index in [9.17, 15) is 0 Å². The largest absolute Gasteiger partial charge is 0.367 e. The molecule has 1 unspecified atom stereocenters. The number of morpholine rings is 1. The minimum atomic E-state index is -0.0716. The molecule has 0 spiro atoms. The number of ether oxygens (including phenoxy) is 1. The highest BCUT2D eigenvalue weighted by Crippen LogP contribution is 2.20. The van der Waals surface area contributed by atoms with Gasteiger partial charge in [-0.1, -0.05) is 13.0 Å². The summed E-state index contributed by atoms with van der Waals surface area (Å²) in [7, 11) is 0. The predicted molar refractivity (Wildman–Crippen MR) is 89.5 cm³/mol. The van der Waals surface area contributed by atoms with Crippen LogP contribution in [-0.4, -0.2) is 49.2 Å². The molecule has 1 aliphatic rings. The van der Waals surface area contributed by atoms with Crippen molar-refractivity contribution in [3.63, 3.8) is 0 Å². The average Bonchev–Trinajstić information content (AvgIpc) is 3.21. The maximum Gasteiger partial charge on any atom is 0.180 e. The molecule has 0 aliphatic carbocycles. The number of nitrogens with zero attached hydrogens (tertiary/aromatic N) is 5. The zero-order chi connectivity index (χ0) is 16.4. The zero-order valence-electron chi connectivity index (χ0n) is 13.9. The molecule has 1 N–H and O–H groups in total. The lowest BCUT2D eigenvalue weighted by Crippen LogP contribution is -2.38. The number of hydrogen-bond acceptors (Lipinski definition) is 5. The summed E-state index contributed by atoms with van der Waals surface area (Å²) in [6.07, 6.45) is 6.02. The van der Waals surface area contributed by atoms with Gasteiger partial charge in [0.05, 0.1) is 12.3 Å². The highest BCUT2D eigenvalue weighted by molar-refractivity contribution is 5.39. The summed E-state index contributed by atoms with van der Waals surface area (Å²) in [5, 5.41) is 7.34. The Balaban J connectivity index is 1.44. The van der Waals surface area contributed by atoms with Crippen LogP contribution in [-0.2, 0) is 17.7 Å². The third-order valence-corrected chi connectivity index (χ3v) is 4.27. The summed E-state index contributed by atoms with van der Waals surface area (Å²) in [6.45, 7) is 5.33. The Hall–Kier alpha value is -2.25. The van der Waals surface area contributed by atoms with Crippen LogP contribution in [0.1, 0.15) is 36.8 Å². The van der Waals surface area contributed by atoms with Crippen LogP contribution in [0.3, 0.4) is 0 Å². The van der Waals surface area contributed by atoms with Gasteiger partial charge in [0.25, 0.3) is 0 Å². The number of fused-ring (bicyclic) bond motifs is 1. The van der Waals surface area contributed by atoms with Crippen molar-refractivity contribution in [2.75, 3.05) is 19.7 Å². The van der Waals surface area contributed by atoms with Gasteiger partial charge in [0.2, 0.25) is 0 Å². The van der Waals surface area contributed by atoms with Crippen molar-refractivity contribution in [2.45, 2.75) is 32.4 Å². The van der Waals surface area contributed by atoms with Crippen LogP contribution in [0.2, 0.25) is 0 Å². The minimum absolute atomic E-state index is 0.0716. The topological polar surface area (TPSA) is 71.3 Å². The average molecular weight is 326 g/mol.